The fraction of sp³-hybridized carbons (Fsp3) is 1.00. The van der Waals surface area contributed by atoms with Crippen molar-refractivity contribution < 1.29 is 0 Å². The molecule has 2 N–H and O–H groups in total. The van der Waals surface area contributed by atoms with Crippen LogP contribution in [0.3, 0.4) is 0 Å². The van der Waals surface area contributed by atoms with Crippen LogP contribution in [0.1, 0.15) is 47.0 Å². The third kappa shape index (κ3) is 8.58. The normalized spacial score (nSPS) is 13.6. The van der Waals surface area contributed by atoms with Gasteiger partial charge in [-0.25, -0.2) is 0 Å². The molecule has 0 aliphatic rings. The second-order valence-electron chi connectivity index (χ2n) is 4.77. The summed E-state index contributed by atoms with van der Waals surface area (Å²) in [5.41, 5.74) is 5.96. The summed E-state index contributed by atoms with van der Waals surface area (Å²) in [4.78, 5) is 5.02. The molecule has 0 aliphatic heterocycles. The SMILES string of the molecule is CCC(N)CCN(CC)CCCN(CC)CC. The molecule has 0 spiro atoms. The molecule has 0 saturated carbocycles. The van der Waals surface area contributed by atoms with E-state index >= 15 is 0 Å². The molecule has 1 unspecified atom stereocenters. The van der Waals surface area contributed by atoms with Gasteiger partial charge in [0.1, 0.15) is 0 Å². The molecular weight excluding hydrogens is 210 g/mol. The van der Waals surface area contributed by atoms with Gasteiger partial charge in [-0.15, -0.1) is 0 Å². The molecule has 0 fully saturated rings. The highest BCUT2D eigenvalue weighted by molar-refractivity contribution is 4.64. The predicted octanol–water partition coefficient (Wildman–Crippen LogP) is 2.17. The van der Waals surface area contributed by atoms with E-state index < -0.39 is 0 Å². The van der Waals surface area contributed by atoms with E-state index in [4.69, 9.17) is 5.73 Å². The lowest BCUT2D eigenvalue weighted by Crippen LogP contribution is -2.33. The molecule has 0 radical (unpaired) electrons. The summed E-state index contributed by atoms with van der Waals surface area (Å²) in [6.45, 7) is 16.0. The van der Waals surface area contributed by atoms with Gasteiger partial charge in [0.05, 0.1) is 0 Å². The number of rotatable bonds is 11. The minimum atomic E-state index is 0.381. The highest BCUT2D eigenvalue weighted by Crippen LogP contribution is 2.00. The van der Waals surface area contributed by atoms with E-state index in [9.17, 15) is 0 Å². The molecule has 3 nitrogen and oxygen atoms in total. The van der Waals surface area contributed by atoms with Gasteiger partial charge in [-0.3, -0.25) is 0 Å². The minimum Gasteiger partial charge on any atom is -0.328 e. The van der Waals surface area contributed by atoms with Crippen LogP contribution < -0.4 is 5.73 Å². The lowest BCUT2D eigenvalue weighted by Gasteiger charge is -2.24. The smallest absolute Gasteiger partial charge is 0.00483 e. The molecule has 0 amide bonds. The van der Waals surface area contributed by atoms with Gasteiger partial charge in [-0.1, -0.05) is 27.7 Å². The van der Waals surface area contributed by atoms with E-state index in [1.165, 1.54) is 32.6 Å². The number of nitrogens with two attached hydrogens (primary N) is 1. The van der Waals surface area contributed by atoms with Crippen molar-refractivity contribution in [1.29, 1.82) is 0 Å². The average Bonchev–Trinajstić information content (AvgIpc) is 2.37. The van der Waals surface area contributed by atoms with E-state index in [0.29, 0.717) is 6.04 Å². The van der Waals surface area contributed by atoms with Gasteiger partial charge >= 0.3 is 0 Å². The maximum Gasteiger partial charge on any atom is 0.00483 e. The first-order valence-electron chi connectivity index (χ1n) is 7.38. The van der Waals surface area contributed by atoms with Crippen LogP contribution in [-0.4, -0.2) is 55.1 Å². The Morgan fingerprint density at radius 2 is 1.35 bits per heavy atom. The van der Waals surface area contributed by atoms with Crippen molar-refractivity contribution >= 4 is 0 Å². The van der Waals surface area contributed by atoms with Gasteiger partial charge in [-0.2, -0.15) is 0 Å². The van der Waals surface area contributed by atoms with Crippen LogP contribution in [0.25, 0.3) is 0 Å². The standard InChI is InChI=1S/C14H33N3/c1-5-14(15)10-13-17(8-4)12-9-11-16(6-2)7-3/h14H,5-13,15H2,1-4H3. The van der Waals surface area contributed by atoms with E-state index in [1.54, 1.807) is 0 Å². The van der Waals surface area contributed by atoms with Crippen LogP contribution in [0.15, 0.2) is 0 Å². The Bertz CT molecular complexity index is 158. The number of nitrogens with zero attached hydrogens (tertiary/aromatic N) is 2. The van der Waals surface area contributed by atoms with E-state index in [-0.39, 0.29) is 0 Å². The van der Waals surface area contributed by atoms with Crippen LogP contribution in [0.4, 0.5) is 0 Å². The van der Waals surface area contributed by atoms with Gasteiger partial charge in [0, 0.05) is 6.04 Å². The van der Waals surface area contributed by atoms with Crippen LogP contribution in [0, 0.1) is 0 Å². The molecule has 0 aliphatic carbocycles. The Kier molecular flexibility index (Phi) is 10.9. The van der Waals surface area contributed by atoms with Crippen LogP contribution in [0.2, 0.25) is 0 Å². The van der Waals surface area contributed by atoms with Crippen molar-refractivity contribution in [2.75, 3.05) is 39.3 Å². The summed E-state index contributed by atoms with van der Waals surface area (Å²) in [5.74, 6) is 0. The highest BCUT2D eigenvalue weighted by Gasteiger charge is 2.06. The molecule has 0 aromatic heterocycles. The minimum absolute atomic E-state index is 0.381. The van der Waals surface area contributed by atoms with Crippen molar-refractivity contribution in [3.05, 3.63) is 0 Å². The second kappa shape index (κ2) is 11.0. The largest absolute Gasteiger partial charge is 0.328 e. The lowest BCUT2D eigenvalue weighted by molar-refractivity contribution is 0.237. The van der Waals surface area contributed by atoms with Crippen LogP contribution in [0.5, 0.6) is 0 Å². The van der Waals surface area contributed by atoms with Crippen molar-refractivity contribution in [2.24, 2.45) is 5.73 Å². The third-order valence-electron chi connectivity index (χ3n) is 3.63. The summed E-state index contributed by atoms with van der Waals surface area (Å²) >= 11 is 0. The van der Waals surface area contributed by atoms with Crippen molar-refractivity contribution in [1.82, 2.24) is 9.80 Å². The van der Waals surface area contributed by atoms with Gasteiger partial charge in [0.25, 0.3) is 0 Å². The Morgan fingerprint density at radius 1 is 0.824 bits per heavy atom. The first-order chi connectivity index (χ1) is 8.17. The fourth-order valence-electron chi connectivity index (χ4n) is 2.04. The zero-order valence-electron chi connectivity index (χ0n) is 12.4. The molecule has 0 bridgehead atoms. The molecule has 104 valence electrons. The van der Waals surface area contributed by atoms with E-state index in [1.807, 2.05) is 0 Å². The zero-order chi connectivity index (χ0) is 13.1. The number of hydrogen-bond acceptors (Lipinski definition) is 3. The summed E-state index contributed by atoms with van der Waals surface area (Å²) in [6.07, 6.45) is 3.50. The molecule has 3 heteroatoms. The Labute approximate surface area is 108 Å². The molecule has 0 aromatic rings. The van der Waals surface area contributed by atoms with Crippen LogP contribution >= 0.6 is 0 Å². The molecule has 0 aromatic carbocycles. The summed E-state index contributed by atoms with van der Waals surface area (Å²) < 4.78 is 0. The monoisotopic (exact) mass is 243 g/mol. The molecule has 17 heavy (non-hydrogen) atoms. The van der Waals surface area contributed by atoms with Gasteiger partial charge < -0.3 is 15.5 Å². The van der Waals surface area contributed by atoms with Gasteiger partial charge in [0.2, 0.25) is 0 Å². The average molecular weight is 243 g/mol. The third-order valence-corrected chi connectivity index (χ3v) is 3.63. The first-order valence-corrected chi connectivity index (χ1v) is 7.38. The van der Waals surface area contributed by atoms with E-state index in [0.717, 1.165) is 25.9 Å². The molecule has 0 saturated heterocycles. The van der Waals surface area contributed by atoms with Crippen molar-refractivity contribution in [3.8, 4) is 0 Å². The lowest BCUT2D eigenvalue weighted by atomic mass is 10.1. The van der Waals surface area contributed by atoms with Crippen LogP contribution in [-0.2, 0) is 0 Å². The number of hydrogen-bond donors (Lipinski definition) is 1. The maximum absolute atomic E-state index is 5.96. The zero-order valence-corrected chi connectivity index (χ0v) is 12.4. The quantitative estimate of drug-likeness (QED) is 0.603. The summed E-state index contributed by atoms with van der Waals surface area (Å²) in [7, 11) is 0. The molecule has 0 heterocycles. The Morgan fingerprint density at radius 3 is 1.82 bits per heavy atom. The topological polar surface area (TPSA) is 32.5 Å². The predicted molar refractivity (Wildman–Crippen MR) is 77.4 cm³/mol. The first kappa shape index (κ1) is 16.9. The van der Waals surface area contributed by atoms with Gasteiger partial charge in [0.15, 0.2) is 0 Å². The second-order valence-corrected chi connectivity index (χ2v) is 4.77. The van der Waals surface area contributed by atoms with Crippen molar-refractivity contribution in [3.63, 3.8) is 0 Å². The Balaban J connectivity index is 3.67. The summed E-state index contributed by atoms with van der Waals surface area (Å²) in [5, 5.41) is 0. The molecule has 1 atom stereocenters. The fourth-order valence-corrected chi connectivity index (χ4v) is 2.04. The Hall–Kier alpha value is -0.120. The molecule has 0 rings (SSSR count). The summed E-state index contributed by atoms with van der Waals surface area (Å²) in [6, 6.07) is 0.381. The van der Waals surface area contributed by atoms with Gasteiger partial charge in [-0.05, 0) is 58.5 Å². The highest BCUT2D eigenvalue weighted by atomic mass is 15.1. The maximum atomic E-state index is 5.96. The molecular formula is C14H33N3. The van der Waals surface area contributed by atoms with Crippen molar-refractivity contribution in [2.45, 2.75) is 53.0 Å². The van der Waals surface area contributed by atoms with E-state index in [2.05, 4.69) is 37.5 Å².